The van der Waals surface area contributed by atoms with Gasteiger partial charge < -0.3 is 15.3 Å². The lowest BCUT2D eigenvalue weighted by Crippen LogP contribution is -2.29. The van der Waals surface area contributed by atoms with Gasteiger partial charge in [0.05, 0.1) is 5.69 Å². The second-order valence-corrected chi connectivity index (χ2v) is 6.17. The van der Waals surface area contributed by atoms with E-state index >= 15 is 0 Å². The first-order valence-corrected chi connectivity index (χ1v) is 8.50. The van der Waals surface area contributed by atoms with Crippen molar-refractivity contribution in [1.82, 2.24) is 9.97 Å². The van der Waals surface area contributed by atoms with E-state index in [1.807, 2.05) is 12.1 Å². The Labute approximate surface area is 141 Å². The van der Waals surface area contributed by atoms with Gasteiger partial charge in [0.15, 0.2) is 0 Å². The molecule has 2 heterocycles. The van der Waals surface area contributed by atoms with Crippen molar-refractivity contribution in [2.24, 2.45) is 0 Å². The van der Waals surface area contributed by atoms with E-state index in [9.17, 15) is 4.79 Å². The van der Waals surface area contributed by atoms with Crippen LogP contribution in [0.4, 0.5) is 17.3 Å². The van der Waals surface area contributed by atoms with Gasteiger partial charge in [-0.2, -0.15) is 0 Å². The van der Waals surface area contributed by atoms with Crippen LogP contribution in [0, 0.1) is 6.92 Å². The van der Waals surface area contributed by atoms with Gasteiger partial charge in [-0.05, 0) is 50.5 Å². The Bertz CT molecular complexity index is 734. The van der Waals surface area contributed by atoms with E-state index in [1.165, 1.54) is 24.9 Å². The average molecular weight is 328 g/mol. The molecule has 24 heavy (non-hydrogen) atoms. The molecule has 1 aliphatic rings. The van der Waals surface area contributed by atoms with Crippen LogP contribution in [-0.4, -0.2) is 34.8 Å². The molecule has 3 N–H and O–H groups in total. The van der Waals surface area contributed by atoms with Gasteiger partial charge in [0.2, 0.25) is 5.95 Å². The lowest BCUT2D eigenvalue weighted by molar-refractivity contribution is 0.298. The Hall–Kier alpha value is -2.34. The molecule has 0 bridgehead atoms. The number of rotatable bonds is 5. The second kappa shape index (κ2) is 7.49. The molecular weight excluding hydrogens is 304 g/mol. The van der Waals surface area contributed by atoms with Gasteiger partial charge in [-0.15, -0.1) is 0 Å². The summed E-state index contributed by atoms with van der Waals surface area (Å²) >= 11 is 0. The first-order chi connectivity index (χ1) is 11.7. The number of aliphatic hydroxyl groups excluding tert-OH is 1. The van der Waals surface area contributed by atoms with Crippen molar-refractivity contribution in [3.8, 4) is 0 Å². The van der Waals surface area contributed by atoms with Crippen LogP contribution in [0.5, 0.6) is 0 Å². The summed E-state index contributed by atoms with van der Waals surface area (Å²) in [6.07, 6.45) is 4.15. The molecule has 128 valence electrons. The largest absolute Gasteiger partial charge is 0.396 e. The first-order valence-electron chi connectivity index (χ1n) is 8.50. The number of anilines is 3. The van der Waals surface area contributed by atoms with Gasteiger partial charge in [-0.3, -0.25) is 9.78 Å². The van der Waals surface area contributed by atoms with Crippen molar-refractivity contribution in [2.45, 2.75) is 32.6 Å². The van der Waals surface area contributed by atoms with Gasteiger partial charge >= 0.3 is 0 Å². The number of nitrogens with one attached hydrogen (secondary N) is 2. The molecule has 2 aromatic rings. The molecule has 3 rings (SSSR count). The molecule has 0 saturated carbocycles. The summed E-state index contributed by atoms with van der Waals surface area (Å²) < 4.78 is 0. The van der Waals surface area contributed by atoms with E-state index in [1.54, 1.807) is 6.92 Å². The monoisotopic (exact) mass is 328 g/mol. The van der Waals surface area contributed by atoms with Gasteiger partial charge in [0.1, 0.15) is 0 Å². The minimum Gasteiger partial charge on any atom is -0.396 e. The van der Waals surface area contributed by atoms with Gasteiger partial charge in [-0.1, -0.05) is 0 Å². The van der Waals surface area contributed by atoms with Crippen molar-refractivity contribution < 1.29 is 5.11 Å². The Kier molecular flexibility index (Phi) is 5.15. The fourth-order valence-electron chi connectivity index (χ4n) is 3.12. The summed E-state index contributed by atoms with van der Waals surface area (Å²) in [6, 6.07) is 8.19. The molecule has 1 aliphatic heterocycles. The molecule has 0 atom stereocenters. The van der Waals surface area contributed by atoms with Crippen LogP contribution in [0.3, 0.4) is 0 Å². The Morgan fingerprint density at radius 1 is 1.21 bits per heavy atom. The zero-order valence-electron chi connectivity index (χ0n) is 14.0. The zero-order chi connectivity index (χ0) is 16.9. The van der Waals surface area contributed by atoms with Crippen molar-refractivity contribution in [3.63, 3.8) is 0 Å². The van der Waals surface area contributed by atoms with Crippen LogP contribution < -0.4 is 15.8 Å². The third-order valence-corrected chi connectivity index (χ3v) is 4.44. The molecule has 0 spiro atoms. The number of aromatic amines is 1. The number of H-pyrrole nitrogens is 1. The lowest BCUT2D eigenvalue weighted by Gasteiger charge is -2.28. The molecule has 1 fully saturated rings. The molecule has 6 heteroatoms. The zero-order valence-corrected chi connectivity index (χ0v) is 14.0. The maximum atomic E-state index is 12.0. The number of aliphatic hydroxyl groups is 1. The lowest BCUT2D eigenvalue weighted by atomic mass is 10.1. The van der Waals surface area contributed by atoms with E-state index < -0.39 is 0 Å². The summed E-state index contributed by atoms with van der Waals surface area (Å²) in [6.45, 7) is 3.96. The minimum absolute atomic E-state index is 0.0592. The van der Waals surface area contributed by atoms with Gasteiger partial charge in [0, 0.05) is 43.1 Å². The highest BCUT2D eigenvalue weighted by molar-refractivity contribution is 5.59. The summed E-state index contributed by atoms with van der Waals surface area (Å²) in [5.74, 6) is 0.421. The van der Waals surface area contributed by atoms with Gasteiger partial charge in [-0.25, -0.2) is 4.98 Å². The van der Waals surface area contributed by atoms with Gasteiger partial charge in [0.25, 0.3) is 5.56 Å². The number of piperidine rings is 1. The summed E-state index contributed by atoms with van der Waals surface area (Å²) in [5.41, 5.74) is 3.08. The summed E-state index contributed by atoms with van der Waals surface area (Å²) in [5, 5.41) is 12.1. The molecule has 0 aliphatic carbocycles. The predicted molar refractivity (Wildman–Crippen MR) is 96.2 cm³/mol. The molecule has 1 saturated heterocycles. The predicted octanol–water partition coefficient (Wildman–Crippen LogP) is 2.35. The molecular formula is C18H24N4O2. The van der Waals surface area contributed by atoms with E-state index in [4.69, 9.17) is 5.11 Å². The van der Waals surface area contributed by atoms with E-state index in [0.717, 1.165) is 18.8 Å². The quantitative estimate of drug-likeness (QED) is 0.785. The molecule has 0 unspecified atom stereocenters. The maximum absolute atomic E-state index is 12.0. The van der Waals surface area contributed by atoms with Crippen LogP contribution in [0.2, 0.25) is 0 Å². The van der Waals surface area contributed by atoms with Crippen LogP contribution >= 0.6 is 0 Å². The second-order valence-electron chi connectivity index (χ2n) is 6.17. The highest BCUT2D eigenvalue weighted by atomic mass is 16.3. The molecule has 0 radical (unpaired) electrons. The molecule has 6 nitrogen and oxygen atoms in total. The number of benzene rings is 1. The maximum Gasteiger partial charge on any atom is 0.255 e. The van der Waals surface area contributed by atoms with Crippen molar-refractivity contribution in [2.75, 3.05) is 29.9 Å². The van der Waals surface area contributed by atoms with Crippen molar-refractivity contribution in [3.05, 3.63) is 45.9 Å². The normalized spacial score (nSPS) is 14.7. The van der Waals surface area contributed by atoms with E-state index in [2.05, 4.69) is 32.3 Å². The average Bonchev–Trinajstić information content (AvgIpc) is 2.60. The highest BCUT2D eigenvalue weighted by Crippen LogP contribution is 2.22. The Morgan fingerprint density at radius 3 is 2.54 bits per heavy atom. The van der Waals surface area contributed by atoms with Crippen molar-refractivity contribution in [1.29, 1.82) is 0 Å². The standard InChI is InChI=1S/C18H24N4O2/c1-13-16(9-12-23)17(24)21-18(19-13)20-14-5-7-15(8-6-14)22-10-3-2-4-11-22/h5-8,23H,2-4,9-12H2,1H3,(H2,19,20,21,24). The number of aromatic nitrogens is 2. The summed E-state index contributed by atoms with van der Waals surface area (Å²) in [4.78, 5) is 21.6. The van der Waals surface area contributed by atoms with Crippen LogP contribution in [0.15, 0.2) is 29.1 Å². The van der Waals surface area contributed by atoms with Crippen LogP contribution in [-0.2, 0) is 6.42 Å². The number of aryl methyl sites for hydroxylation is 1. The van der Waals surface area contributed by atoms with E-state index in [0.29, 0.717) is 23.6 Å². The molecule has 1 aromatic heterocycles. The van der Waals surface area contributed by atoms with Crippen LogP contribution in [0.25, 0.3) is 0 Å². The number of hydrogen-bond donors (Lipinski definition) is 3. The highest BCUT2D eigenvalue weighted by Gasteiger charge is 2.11. The SMILES string of the molecule is Cc1nc(Nc2ccc(N3CCCCC3)cc2)[nH]c(=O)c1CCO. The van der Waals surface area contributed by atoms with Crippen molar-refractivity contribution >= 4 is 17.3 Å². The topological polar surface area (TPSA) is 81.2 Å². The Balaban J connectivity index is 1.73. The minimum atomic E-state index is -0.205. The number of hydrogen-bond acceptors (Lipinski definition) is 5. The third-order valence-electron chi connectivity index (χ3n) is 4.44. The summed E-state index contributed by atoms with van der Waals surface area (Å²) in [7, 11) is 0. The fraction of sp³-hybridized carbons (Fsp3) is 0.444. The molecule has 1 aromatic carbocycles. The fourth-order valence-corrected chi connectivity index (χ4v) is 3.12. The Morgan fingerprint density at radius 2 is 1.92 bits per heavy atom. The first kappa shape index (κ1) is 16.5. The third kappa shape index (κ3) is 3.76. The van der Waals surface area contributed by atoms with E-state index in [-0.39, 0.29) is 12.2 Å². The number of nitrogens with zero attached hydrogens (tertiary/aromatic N) is 2. The molecule has 0 amide bonds. The van der Waals surface area contributed by atoms with Crippen LogP contribution in [0.1, 0.15) is 30.5 Å². The smallest absolute Gasteiger partial charge is 0.255 e.